The number of hydrogen-bond donors (Lipinski definition) is 0. The molecule has 0 aliphatic rings. The Hall–Kier alpha value is -0.920. The zero-order valence-electron chi connectivity index (χ0n) is 4.10. The van der Waals surface area contributed by atoms with E-state index in [1.54, 1.807) is 0 Å². The zero-order valence-corrected chi connectivity index (χ0v) is 4.10. The quantitative estimate of drug-likeness (QED) is 0.216. The highest BCUT2D eigenvalue weighted by Gasteiger charge is 1.93. The number of carbonyl (C=O) groups is 2. The fourth-order valence-corrected chi connectivity index (χ4v) is 0.0830. The second-order valence-electron chi connectivity index (χ2n) is 1.20. The first kappa shape index (κ1) is 6.08. The van der Waals surface area contributed by atoms with Gasteiger partial charge in [-0.2, -0.15) is 0 Å². The van der Waals surface area contributed by atoms with Gasteiger partial charge in [-0.05, 0) is 6.92 Å². The monoisotopic (exact) mass is 98.0 g/mol. The maximum Gasteiger partial charge on any atom is 0.162 e. The van der Waals surface area contributed by atoms with E-state index in [1.807, 2.05) is 0 Å². The normalized spacial score (nSPS) is 7.57. The molecule has 0 aliphatic heterocycles. The zero-order chi connectivity index (χ0) is 5.86. The third-order valence-corrected chi connectivity index (χ3v) is 0.594. The lowest BCUT2D eigenvalue weighted by molar-refractivity contribution is -0.115. The van der Waals surface area contributed by atoms with Crippen molar-refractivity contribution in [2.75, 3.05) is 0 Å². The topological polar surface area (TPSA) is 34.1 Å². The van der Waals surface area contributed by atoms with Crippen LogP contribution in [0.3, 0.4) is 0 Å². The molecule has 0 rings (SSSR count). The van der Waals surface area contributed by atoms with E-state index < -0.39 is 0 Å². The molecule has 0 aliphatic carbocycles. The molecule has 0 aromatic heterocycles. The van der Waals surface area contributed by atoms with Gasteiger partial charge in [0.2, 0.25) is 0 Å². The summed E-state index contributed by atoms with van der Waals surface area (Å²) in [4.78, 5) is 19.7. The summed E-state index contributed by atoms with van der Waals surface area (Å²) in [6.45, 7) is 4.46. The fraction of sp³-hybridized carbons (Fsp3) is 0.200. The Balaban J connectivity index is 3.81. The van der Waals surface area contributed by atoms with E-state index in [0.29, 0.717) is 6.29 Å². The second kappa shape index (κ2) is 2.29. The third-order valence-electron chi connectivity index (χ3n) is 0.594. The van der Waals surface area contributed by atoms with E-state index >= 15 is 0 Å². The van der Waals surface area contributed by atoms with Gasteiger partial charge in [0.05, 0.1) is 0 Å². The molecule has 0 N–H and O–H groups in total. The van der Waals surface area contributed by atoms with Gasteiger partial charge >= 0.3 is 0 Å². The van der Waals surface area contributed by atoms with Gasteiger partial charge in [-0.3, -0.25) is 9.59 Å². The van der Waals surface area contributed by atoms with Crippen molar-refractivity contribution in [3.05, 3.63) is 12.2 Å². The van der Waals surface area contributed by atoms with Crippen LogP contribution in [0.2, 0.25) is 0 Å². The molecular weight excluding hydrogens is 92.1 g/mol. The molecule has 0 atom stereocenters. The van der Waals surface area contributed by atoms with Crippen molar-refractivity contribution in [1.82, 2.24) is 0 Å². The fourth-order valence-electron chi connectivity index (χ4n) is 0.0830. The van der Waals surface area contributed by atoms with Crippen LogP contribution in [0.25, 0.3) is 0 Å². The van der Waals surface area contributed by atoms with Crippen molar-refractivity contribution in [1.29, 1.82) is 0 Å². The van der Waals surface area contributed by atoms with Gasteiger partial charge in [0, 0.05) is 5.57 Å². The molecule has 0 bridgehead atoms. The Labute approximate surface area is 41.8 Å². The minimum absolute atomic E-state index is 0.0278. The molecule has 2 nitrogen and oxygen atoms in total. The van der Waals surface area contributed by atoms with Crippen LogP contribution in [0.1, 0.15) is 6.92 Å². The van der Waals surface area contributed by atoms with E-state index in [2.05, 4.69) is 6.58 Å². The second-order valence-corrected chi connectivity index (χ2v) is 1.20. The number of ketones is 1. The first-order valence-electron chi connectivity index (χ1n) is 1.83. The molecule has 2 heteroatoms. The highest BCUT2D eigenvalue weighted by Crippen LogP contribution is 1.81. The molecule has 7 heavy (non-hydrogen) atoms. The van der Waals surface area contributed by atoms with Crippen molar-refractivity contribution in [3.8, 4) is 0 Å². The van der Waals surface area contributed by atoms with Gasteiger partial charge in [-0.15, -0.1) is 0 Å². The number of rotatable bonds is 2. The van der Waals surface area contributed by atoms with Crippen LogP contribution in [-0.2, 0) is 9.59 Å². The smallest absolute Gasteiger partial charge is 0.162 e. The Kier molecular flexibility index (Phi) is 1.99. The minimum atomic E-state index is -0.269. The summed E-state index contributed by atoms with van der Waals surface area (Å²) < 4.78 is 0. The lowest BCUT2D eigenvalue weighted by Gasteiger charge is -1.80. The van der Waals surface area contributed by atoms with Crippen molar-refractivity contribution in [3.63, 3.8) is 0 Å². The van der Waals surface area contributed by atoms with Gasteiger partial charge < -0.3 is 0 Å². The van der Waals surface area contributed by atoms with Crippen molar-refractivity contribution < 1.29 is 9.59 Å². The van der Waals surface area contributed by atoms with Crippen molar-refractivity contribution >= 4 is 12.1 Å². The molecule has 0 amide bonds. The molecular formula is C5H6O2. The highest BCUT2D eigenvalue weighted by molar-refractivity contribution is 6.09. The summed E-state index contributed by atoms with van der Waals surface area (Å²) in [5, 5.41) is 0. The number of hydrogen-bond acceptors (Lipinski definition) is 2. The SMILES string of the molecule is C=C(C=O)C(C)=O. The van der Waals surface area contributed by atoms with Crippen LogP contribution in [-0.4, -0.2) is 12.1 Å². The average Bonchev–Trinajstić information content (AvgIpc) is 1.65. The summed E-state index contributed by atoms with van der Waals surface area (Å²) in [7, 11) is 0. The Morgan fingerprint density at radius 2 is 2.14 bits per heavy atom. The number of aldehydes is 1. The van der Waals surface area contributed by atoms with Crippen LogP contribution in [0.4, 0.5) is 0 Å². The van der Waals surface area contributed by atoms with Crippen LogP contribution in [0, 0.1) is 0 Å². The number of Topliss-reactive ketones (excluding diaryl/α,β-unsaturated/α-hetero) is 1. The van der Waals surface area contributed by atoms with E-state index in [-0.39, 0.29) is 11.4 Å². The lowest BCUT2D eigenvalue weighted by atomic mass is 10.2. The average molecular weight is 98.1 g/mol. The Morgan fingerprint density at radius 3 is 2.14 bits per heavy atom. The predicted octanol–water partition coefficient (Wildman–Crippen LogP) is 0.330. The summed E-state index contributed by atoms with van der Waals surface area (Å²) in [5.74, 6) is -0.269. The molecule has 0 aromatic rings. The van der Waals surface area contributed by atoms with Crippen LogP contribution in [0.15, 0.2) is 12.2 Å². The van der Waals surface area contributed by atoms with Gasteiger partial charge in [-0.25, -0.2) is 0 Å². The first-order valence-corrected chi connectivity index (χ1v) is 1.83. The summed E-state index contributed by atoms with van der Waals surface area (Å²) in [5.41, 5.74) is 0.0278. The molecule has 38 valence electrons. The molecule has 0 unspecified atom stereocenters. The third kappa shape index (κ3) is 1.87. The summed E-state index contributed by atoms with van der Waals surface area (Å²) in [6.07, 6.45) is 0.447. The van der Waals surface area contributed by atoms with Crippen LogP contribution in [0.5, 0.6) is 0 Å². The summed E-state index contributed by atoms with van der Waals surface area (Å²) in [6, 6.07) is 0. The molecule has 0 aromatic carbocycles. The molecule has 0 saturated heterocycles. The lowest BCUT2D eigenvalue weighted by Crippen LogP contribution is -1.93. The Morgan fingerprint density at radius 1 is 1.71 bits per heavy atom. The highest BCUT2D eigenvalue weighted by atomic mass is 16.1. The molecule has 0 heterocycles. The number of carbonyl (C=O) groups excluding carboxylic acids is 2. The van der Waals surface area contributed by atoms with E-state index in [4.69, 9.17) is 0 Å². The molecule has 0 radical (unpaired) electrons. The maximum atomic E-state index is 10.0. The number of allylic oxidation sites excluding steroid dienone is 1. The predicted molar refractivity (Wildman–Crippen MR) is 25.9 cm³/mol. The maximum absolute atomic E-state index is 10.0. The largest absolute Gasteiger partial charge is 0.298 e. The first-order chi connectivity index (χ1) is 3.18. The van der Waals surface area contributed by atoms with Gasteiger partial charge in [-0.1, -0.05) is 6.58 Å². The standard InChI is InChI=1S/C5H6O2/c1-4(3-6)5(2)7/h3H,1H2,2H3. The van der Waals surface area contributed by atoms with Gasteiger partial charge in [0.15, 0.2) is 12.1 Å². The van der Waals surface area contributed by atoms with Crippen molar-refractivity contribution in [2.45, 2.75) is 6.92 Å². The molecule has 0 fully saturated rings. The van der Waals surface area contributed by atoms with Crippen LogP contribution >= 0.6 is 0 Å². The molecule has 0 spiro atoms. The minimum Gasteiger partial charge on any atom is -0.298 e. The van der Waals surface area contributed by atoms with E-state index in [9.17, 15) is 9.59 Å². The van der Waals surface area contributed by atoms with Gasteiger partial charge in [0.25, 0.3) is 0 Å². The Bertz CT molecular complexity index is 113. The van der Waals surface area contributed by atoms with Crippen molar-refractivity contribution in [2.24, 2.45) is 0 Å². The van der Waals surface area contributed by atoms with Crippen LogP contribution < -0.4 is 0 Å². The van der Waals surface area contributed by atoms with E-state index in [0.717, 1.165) is 0 Å². The summed E-state index contributed by atoms with van der Waals surface area (Å²) >= 11 is 0. The van der Waals surface area contributed by atoms with Gasteiger partial charge in [0.1, 0.15) is 0 Å². The van der Waals surface area contributed by atoms with E-state index in [1.165, 1.54) is 6.92 Å². The molecule has 0 saturated carbocycles.